The number of para-hydroxylation sites is 1. The summed E-state index contributed by atoms with van der Waals surface area (Å²) in [7, 11) is 0. The Morgan fingerprint density at radius 3 is 2.74 bits per heavy atom. The third kappa shape index (κ3) is 3.26. The molecule has 1 N–H and O–H groups in total. The van der Waals surface area contributed by atoms with E-state index in [4.69, 9.17) is 0 Å². The fraction of sp³-hybridized carbons (Fsp3) is 0.143. The summed E-state index contributed by atoms with van der Waals surface area (Å²) in [6.07, 6.45) is 2.33. The monoisotopic (exact) mass is 365 g/mol. The number of carbonyl (C=O) groups is 1. The number of aromatic nitrogens is 1. The molecule has 1 unspecified atom stereocenters. The molecule has 0 radical (unpaired) electrons. The number of rotatable bonds is 3. The van der Waals surface area contributed by atoms with E-state index in [9.17, 15) is 13.6 Å². The molecule has 1 atom stereocenters. The number of hydrogen-bond donors (Lipinski definition) is 1. The minimum absolute atomic E-state index is 0.0608. The topological polar surface area (TPSA) is 45.2 Å². The summed E-state index contributed by atoms with van der Waals surface area (Å²) in [6, 6.07) is 14.7. The molecule has 0 saturated carbocycles. The van der Waals surface area contributed by atoms with Crippen molar-refractivity contribution in [2.45, 2.75) is 19.4 Å². The highest BCUT2D eigenvalue weighted by Crippen LogP contribution is 2.33. The van der Waals surface area contributed by atoms with Crippen molar-refractivity contribution in [3.05, 3.63) is 83.6 Å². The van der Waals surface area contributed by atoms with Crippen LogP contribution in [-0.2, 0) is 6.42 Å². The summed E-state index contributed by atoms with van der Waals surface area (Å²) in [5, 5.41) is 2.90. The van der Waals surface area contributed by atoms with Gasteiger partial charge in [-0.1, -0.05) is 18.2 Å². The number of pyridine rings is 1. The molecule has 0 aliphatic carbocycles. The number of hydrogen-bond acceptors (Lipinski definition) is 3. The van der Waals surface area contributed by atoms with Crippen molar-refractivity contribution in [2.75, 3.05) is 10.2 Å². The Morgan fingerprint density at radius 1 is 1.11 bits per heavy atom. The summed E-state index contributed by atoms with van der Waals surface area (Å²) in [6.45, 7) is 2.01. The van der Waals surface area contributed by atoms with E-state index in [0.29, 0.717) is 17.1 Å². The average molecular weight is 365 g/mol. The molecule has 0 spiro atoms. The second kappa shape index (κ2) is 6.79. The number of nitrogens with zero attached hydrogens (tertiary/aromatic N) is 2. The molecule has 27 heavy (non-hydrogen) atoms. The van der Waals surface area contributed by atoms with Gasteiger partial charge in [-0.15, -0.1) is 0 Å². The van der Waals surface area contributed by atoms with E-state index >= 15 is 0 Å². The molecule has 1 aliphatic heterocycles. The van der Waals surface area contributed by atoms with Crippen molar-refractivity contribution >= 4 is 23.1 Å². The van der Waals surface area contributed by atoms with Gasteiger partial charge in [-0.2, -0.15) is 0 Å². The summed E-state index contributed by atoms with van der Waals surface area (Å²) >= 11 is 0. The van der Waals surface area contributed by atoms with E-state index in [1.54, 1.807) is 17.0 Å². The van der Waals surface area contributed by atoms with E-state index in [1.807, 2.05) is 31.2 Å². The van der Waals surface area contributed by atoms with Crippen molar-refractivity contribution in [2.24, 2.45) is 0 Å². The highest BCUT2D eigenvalue weighted by Gasteiger charge is 2.31. The van der Waals surface area contributed by atoms with Crippen molar-refractivity contribution in [1.29, 1.82) is 0 Å². The van der Waals surface area contributed by atoms with Gasteiger partial charge < -0.3 is 10.2 Å². The van der Waals surface area contributed by atoms with Crippen LogP contribution in [0.3, 0.4) is 0 Å². The molecule has 2 aromatic carbocycles. The van der Waals surface area contributed by atoms with Gasteiger partial charge in [0.15, 0.2) is 11.6 Å². The molecule has 1 amide bonds. The summed E-state index contributed by atoms with van der Waals surface area (Å²) in [5.74, 6) is -1.61. The van der Waals surface area contributed by atoms with Crippen LogP contribution in [0.15, 0.2) is 60.8 Å². The second-order valence-electron chi connectivity index (χ2n) is 6.54. The van der Waals surface area contributed by atoms with Crippen molar-refractivity contribution in [3.63, 3.8) is 0 Å². The second-order valence-corrected chi connectivity index (χ2v) is 6.54. The van der Waals surface area contributed by atoms with Gasteiger partial charge in [-0.3, -0.25) is 4.79 Å². The molecule has 0 bridgehead atoms. The Morgan fingerprint density at radius 2 is 1.93 bits per heavy atom. The molecular weight excluding hydrogens is 348 g/mol. The number of fused-ring (bicyclic) bond motifs is 1. The Bertz CT molecular complexity index is 1020. The maximum Gasteiger partial charge on any atom is 0.258 e. The fourth-order valence-electron chi connectivity index (χ4n) is 3.37. The van der Waals surface area contributed by atoms with Crippen molar-refractivity contribution < 1.29 is 13.6 Å². The van der Waals surface area contributed by atoms with Gasteiger partial charge in [0.2, 0.25) is 0 Å². The van der Waals surface area contributed by atoms with E-state index < -0.39 is 11.6 Å². The van der Waals surface area contributed by atoms with Crippen LogP contribution in [0.5, 0.6) is 0 Å². The lowest BCUT2D eigenvalue weighted by molar-refractivity contribution is 0.0981. The Balaban J connectivity index is 1.60. The molecule has 6 heteroatoms. The third-order valence-electron chi connectivity index (χ3n) is 4.62. The van der Waals surface area contributed by atoms with Gasteiger partial charge in [0.1, 0.15) is 5.82 Å². The minimum atomic E-state index is -0.949. The summed E-state index contributed by atoms with van der Waals surface area (Å²) < 4.78 is 26.5. The lowest BCUT2D eigenvalue weighted by Crippen LogP contribution is -2.35. The van der Waals surface area contributed by atoms with Gasteiger partial charge in [-0.05, 0) is 49.2 Å². The molecule has 4 nitrogen and oxygen atoms in total. The molecule has 2 heterocycles. The number of carbonyl (C=O) groups excluding carboxylic acids is 1. The van der Waals surface area contributed by atoms with Crippen LogP contribution in [0.2, 0.25) is 0 Å². The smallest absolute Gasteiger partial charge is 0.258 e. The SMILES string of the molecule is CC1Cc2ccccc2N1C(=O)c1ccnc(Nc2ccc(F)c(F)c2)c1. The molecule has 4 rings (SSSR count). The highest BCUT2D eigenvalue weighted by atomic mass is 19.2. The first-order valence-electron chi connectivity index (χ1n) is 8.62. The molecule has 0 fully saturated rings. The zero-order valence-electron chi connectivity index (χ0n) is 14.6. The molecule has 1 aliphatic rings. The maximum absolute atomic E-state index is 13.4. The standard InChI is InChI=1S/C21H17F2N3O/c1-13-10-14-4-2-3-5-19(14)26(13)21(27)15-8-9-24-20(11-15)25-16-6-7-17(22)18(23)12-16/h2-9,11-13H,10H2,1H3,(H,24,25). The third-order valence-corrected chi connectivity index (χ3v) is 4.62. The molecule has 1 aromatic heterocycles. The van der Waals surface area contributed by atoms with Gasteiger partial charge in [0.05, 0.1) is 0 Å². The van der Waals surface area contributed by atoms with Gasteiger partial charge in [0, 0.05) is 35.2 Å². The predicted octanol–water partition coefficient (Wildman–Crippen LogP) is 4.69. The molecule has 0 saturated heterocycles. The molecular formula is C21H17F2N3O. The largest absolute Gasteiger partial charge is 0.340 e. The van der Waals surface area contributed by atoms with Crippen LogP contribution in [0.25, 0.3) is 0 Å². The average Bonchev–Trinajstić information content (AvgIpc) is 3.00. The lowest BCUT2D eigenvalue weighted by atomic mass is 10.1. The number of halogens is 2. The summed E-state index contributed by atoms with van der Waals surface area (Å²) in [5.41, 5.74) is 2.89. The van der Waals surface area contributed by atoms with Crippen LogP contribution in [-0.4, -0.2) is 16.9 Å². The Hall–Kier alpha value is -3.28. The van der Waals surface area contributed by atoms with Gasteiger partial charge in [0.25, 0.3) is 5.91 Å². The van der Waals surface area contributed by atoms with E-state index in [2.05, 4.69) is 10.3 Å². The van der Waals surface area contributed by atoms with Crippen LogP contribution in [0, 0.1) is 11.6 Å². The normalized spacial score (nSPS) is 15.5. The minimum Gasteiger partial charge on any atom is -0.340 e. The Kier molecular flexibility index (Phi) is 4.32. The number of nitrogens with one attached hydrogen (secondary N) is 1. The highest BCUT2D eigenvalue weighted by molar-refractivity contribution is 6.08. The zero-order valence-corrected chi connectivity index (χ0v) is 14.6. The predicted molar refractivity (Wildman–Crippen MR) is 100 cm³/mol. The van der Waals surface area contributed by atoms with E-state index in [1.165, 1.54) is 12.3 Å². The maximum atomic E-state index is 13.4. The van der Waals surface area contributed by atoms with Gasteiger partial charge in [-0.25, -0.2) is 13.8 Å². The quantitative estimate of drug-likeness (QED) is 0.732. The van der Waals surface area contributed by atoms with Crippen LogP contribution >= 0.6 is 0 Å². The summed E-state index contributed by atoms with van der Waals surface area (Å²) in [4.78, 5) is 19.0. The van der Waals surface area contributed by atoms with Crippen LogP contribution < -0.4 is 10.2 Å². The van der Waals surface area contributed by atoms with E-state index in [0.717, 1.165) is 29.8 Å². The first-order chi connectivity index (χ1) is 13.0. The zero-order chi connectivity index (χ0) is 19.0. The molecule has 3 aromatic rings. The number of anilines is 3. The molecule has 136 valence electrons. The first-order valence-corrected chi connectivity index (χ1v) is 8.62. The lowest BCUT2D eigenvalue weighted by Gasteiger charge is -2.23. The van der Waals surface area contributed by atoms with Crippen molar-refractivity contribution in [1.82, 2.24) is 4.98 Å². The number of benzene rings is 2. The van der Waals surface area contributed by atoms with Gasteiger partial charge >= 0.3 is 0 Å². The first kappa shape index (κ1) is 17.1. The van der Waals surface area contributed by atoms with Crippen molar-refractivity contribution in [3.8, 4) is 0 Å². The fourth-order valence-corrected chi connectivity index (χ4v) is 3.37. The van der Waals surface area contributed by atoms with E-state index in [-0.39, 0.29) is 11.9 Å². The van der Waals surface area contributed by atoms with Crippen LogP contribution in [0.4, 0.5) is 26.0 Å². The number of amides is 1. The Labute approximate surface area is 155 Å². The van der Waals surface area contributed by atoms with Crippen LogP contribution in [0.1, 0.15) is 22.8 Å².